The van der Waals surface area contributed by atoms with Crippen molar-refractivity contribution in [3.8, 4) is 11.4 Å². The van der Waals surface area contributed by atoms with Crippen molar-refractivity contribution in [3.05, 3.63) is 54.4 Å². The van der Waals surface area contributed by atoms with Crippen LogP contribution in [0.2, 0.25) is 0 Å². The maximum absolute atomic E-state index is 4.48. The van der Waals surface area contributed by atoms with E-state index in [1.165, 1.54) is 10.8 Å². The Bertz CT molecular complexity index is 713. The van der Waals surface area contributed by atoms with Crippen LogP contribution in [-0.2, 0) is 6.54 Å². The highest BCUT2D eigenvalue weighted by Crippen LogP contribution is 2.22. The van der Waals surface area contributed by atoms with E-state index in [2.05, 4.69) is 71.6 Å². The molecule has 3 aromatic rings. The van der Waals surface area contributed by atoms with E-state index in [1.54, 1.807) is 0 Å². The predicted molar refractivity (Wildman–Crippen MR) is 83.5 cm³/mol. The van der Waals surface area contributed by atoms with E-state index in [4.69, 9.17) is 0 Å². The standard InChI is InChI=1S/C17H19N3/c1-12(2)18-10-16-11-19-17(20-16)15-8-7-13-5-3-4-6-14(13)9-15/h3-9,11-12,18H,10H2,1-2H3,(H,19,20). The van der Waals surface area contributed by atoms with Gasteiger partial charge >= 0.3 is 0 Å². The Morgan fingerprint density at radius 2 is 1.90 bits per heavy atom. The molecule has 0 bridgehead atoms. The van der Waals surface area contributed by atoms with E-state index in [9.17, 15) is 0 Å². The van der Waals surface area contributed by atoms with Gasteiger partial charge in [-0.05, 0) is 16.8 Å². The lowest BCUT2D eigenvalue weighted by Crippen LogP contribution is -2.21. The summed E-state index contributed by atoms with van der Waals surface area (Å²) in [7, 11) is 0. The zero-order chi connectivity index (χ0) is 13.9. The minimum absolute atomic E-state index is 0.474. The molecule has 0 saturated heterocycles. The molecule has 2 N–H and O–H groups in total. The number of nitrogens with one attached hydrogen (secondary N) is 2. The molecule has 3 heteroatoms. The maximum Gasteiger partial charge on any atom is 0.137 e. The summed E-state index contributed by atoms with van der Waals surface area (Å²) in [6.07, 6.45) is 1.90. The minimum Gasteiger partial charge on any atom is -0.341 e. The van der Waals surface area contributed by atoms with Crippen LogP contribution >= 0.6 is 0 Å². The predicted octanol–water partition coefficient (Wildman–Crippen LogP) is 3.73. The van der Waals surface area contributed by atoms with Crippen molar-refractivity contribution in [2.75, 3.05) is 0 Å². The average Bonchev–Trinajstić information content (AvgIpc) is 2.93. The molecule has 1 aromatic heterocycles. The number of hydrogen-bond acceptors (Lipinski definition) is 2. The number of aromatic amines is 1. The first-order chi connectivity index (χ1) is 9.72. The van der Waals surface area contributed by atoms with E-state index in [0.29, 0.717) is 6.04 Å². The minimum atomic E-state index is 0.474. The van der Waals surface area contributed by atoms with Gasteiger partial charge in [-0.3, -0.25) is 0 Å². The van der Waals surface area contributed by atoms with Crippen molar-refractivity contribution in [3.63, 3.8) is 0 Å². The second-order valence-corrected chi connectivity index (χ2v) is 5.35. The molecule has 0 spiro atoms. The normalized spacial score (nSPS) is 11.3. The van der Waals surface area contributed by atoms with Gasteiger partial charge in [-0.25, -0.2) is 4.98 Å². The fraction of sp³-hybridized carbons (Fsp3) is 0.235. The van der Waals surface area contributed by atoms with Crippen molar-refractivity contribution in [2.45, 2.75) is 26.4 Å². The van der Waals surface area contributed by atoms with Gasteiger partial charge in [0.2, 0.25) is 0 Å². The summed E-state index contributed by atoms with van der Waals surface area (Å²) in [6, 6.07) is 15.3. The lowest BCUT2D eigenvalue weighted by atomic mass is 10.1. The summed E-state index contributed by atoms with van der Waals surface area (Å²) in [4.78, 5) is 7.85. The van der Waals surface area contributed by atoms with Crippen molar-refractivity contribution < 1.29 is 0 Å². The largest absolute Gasteiger partial charge is 0.341 e. The second-order valence-electron chi connectivity index (χ2n) is 5.35. The molecular weight excluding hydrogens is 246 g/mol. The highest BCUT2D eigenvalue weighted by Gasteiger charge is 2.05. The monoisotopic (exact) mass is 265 g/mol. The number of benzene rings is 2. The van der Waals surface area contributed by atoms with Crippen LogP contribution in [0.5, 0.6) is 0 Å². The molecule has 2 aromatic carbocycles. The molecule has 0 aliphatic heterocycles. The van der Waals surface area contributed by atoms with E-state index < -0.39 is 0 Å². The van der Waals surface area contributed by atoms with Crippen LogP contribution in [0.15, 0.2) is 48.7 Å². The number of hydrogen-bond donors (Lipinski definition) is 2. The Hall–Kier alpha value is -2.13. The molecule has 3 nitrogen and oxygen atoms in total. The third-order valence-corrected chi connectivity index (χ3v) is 3.35. The van der Waals surface area contributed by atoms with Crippen LogP contribution in [0.1, 0.15) is 19.5 Å². The lowest BCUT2D eigenvalue weighted by Gasteiger charge is -2.05. The molecule has 0 atom stereocenters. The van der Waals surface area contributed by atoms with Crippen molar-refractivity contribution in [2.24, 2.45) is 0 Å². The first kappa shape index (κ1) is 12.9. The van der Waals surface area contributed by atoms with Crippen molar-refractivity contribution in [1.82, 2.24) is 15.3 Å². The van der Waals surface area contributed by atoms with Gasteiger partial charge in [-0.2, -0.15) is 0 Å². The molecule has 3 rings (SSSR count). The zero-order valence-corrected chi connectivity index (χ0v) is 11.9. The highest BCUT2D eigenvalue weighted by molar-refractivity contribution is 5.86. The Labute approximate surface area is 119 Å². The third-order valence-electron chi connectivity index (χ3n) is 3.35. The van der Waals surface area contributed by atoms with Gasteiger partial charge in [0.15, 0.2) is 0 Å². The lowest BCUT2D eigenvalue weighted by molar-refractivity contribution is 0.583. The summed E-state index contributed by atoms with van der Waals surface area (Å²) >= 11 is 0. The SMILES string of the molecule is CC(C)NCc1cnc(-c2ccc3ccccc3c2)[nH]1. The number of H-pyrrole nitrogens is 1. The number of fused-ring (bicyclic) bond motifs is 1. The van der Waals surface area contributed by atoms with Gasteiger partial charge in [0.1, 0.15) is 5.82 Å². The van der Waals surface area contributed by atoms with E-state index >= 15 is 0 Å². The molecule has 0 amide bonds. The van der Waals surface area contributed by atoms with Crippen LogP contribution in [0.3, 0.4) is 0 Å². The first-order valence-corrected chi connectivity index (χ1v) is 6.99. The van der Waals surface area contributed by atoms with Gasteiger partial charge < -0.3 is 10.3 Å². The molecular formula is C17H19N3. The third kappa shape index (κ3) is 2.73. The van der Waals surface area contributed by atoms with Crippen molar-refractivity contribution in [1.29, 1.82) is 0 Å². The zero-order valence-electron chi connectivity index (χ0n) is 11.9. The van der Waals surface area contributed by atoms with Gasteiger partial charge in [0.05, 0.1) is 0 Å². The maximum atomic E-state index is 4.48. The van der Waals surface area contributed by atoms with Crippen LogP contribution < -0.4 is 5.32 Å². The molecule has 0 aliphatic carbocycles. The van der Waals surface area contributed by atoms with Crippen LogP contribution in [0.25, 0.3) is 22.2 Å². The number of nitrogens with zero attached hydrogens (tertiary/aromatic N) is 1. The molecule has 0 aliphatic rings. The van der Waals surface area contributed by atoms with Crippen molar-refractivity contribution >= 4 is 10.8 Å². The quantitative estimate of drug-likeness (QED) is 0.754. The van der Waals surface area contributed by atoms with Gasteiger partial charge in [0, 0.05) is 30.0 Å². The number of rotatable bonds is 4. The van der Waals surface area contributed by atoms with E-state index in [-0.39, 0.29) is 0 Å². The average molecular weight is 265 g/mol. The van der Waals surface area contributed by atoms with Gasteiger partial charge in [-0.15, -0.1) is 0 Å². The van der Waals surface area contributed by atoms with Crippen LogP contribution in [0, 0.1) is 0 Å². The number of aromatic nitrogens is 2. The highest BCUT2D eigenvalue weighted by atomic mass is 15.0. The summed E-state index contributed by atoms with van der Waals surface area (Å²) < 4.78 is 0. The molecule has 102 valence electrons. The molecule has 0 unspecified atom stereocenters. The van der Waals surface area contributed by atoms with E-state index in [1.807, 2.05) is 6.20 Å². The summed E-state index contributed by atoms with van der Waals surface area (Å²) in [5.74, 6) is 0.927. The molecule has 0 fully saturated rings. The Morgan fingerprint density at radius 1 is 1.10 bits per heavy atom. The van der Waals surface area contributed by atoms with Gasteiger partial charge in [0.25, 0.3) is 0 Å². The van der Waals surface area contributed by atoms with Crippen LogP contribution in [-0.4, -0.2) is 16.0 Å². The molecule has 20 heavy (non-hydrogen) atoms. The Kier molecular flexibility index (Phi) is 3.52. The summed E-state index contributed by atoms with van der Waals surface area (Å²) in [5.41, 5.74) is 2.24. The fourth-order valence-electron chi connectivity index (χ4n) is 2.25. The summed E-state index contributed by atoms with van der Waals surface area (Å²) in [5, 5.41) is 5.88. The number of imidazole rings is 1. The second kappa shape index (κ2) is 5.47. The molecule has 1 heterocycles. The topological polar surface area (TPSA) is 40.7 Å². The molecule has 0 saturated carbocycles. The Morgan fingerprint density at radius 3 is 2.70 bits per heavy atom. The first-order valence-electron chi connectivity index (χ1n) is 6.99. The fourth-order valence-corrected chi connectivity index (χ4v) is 2.25. The van der Waals surface area contributed by atoms with E-state index in [0.717, 1.165) is 23.6 Å². The Balaban J connectivity index is 1.87. The van der Waals surface area contributed by atoms with Crippen LogP contribution in [0.4, 0.5) is 0 Å². The molecule has 0 radical (unpaired) electrons. The summed E-state index contributed by atoms with van der Waals surface area (Å²) in [6.45, 7) is 5.10. The van der Waals surface area contributed by atoms with Gasteiger partial charge in [-0.1, -0.05) is 50.2 Å². The smallest absolute Gasteiger partial charge is 0.137 e.